The molecule has 2 heterocycles. The van der Waals surface area contributed by atoms with E-state index < -0.39 is 0 Å². The van der Waals surface area contributed by atoms with Gasteiger partial charge < -0.3 is 0 Å². The summed E-state index contributed by atoms with van der Waals surface area (Å²) in [7, 11) is 0. The molecule has 0 atom stereocenters. The minimum absolute atomic E-state index is 0.244. The monoisotopic (exact) mass is 392 g/mol. The van der Waals surface area contributed by atoms with Crippen LogP contribution in [0.1, 0.15) is 18.2 Å². The van der Waals surface area contributed by atoms with Crippen LogP contribution in [0.2, 0.25) is 5.02 Å². The number of amides is 1. The number of hydrazone groups is 1. The van der Waals surface area contributed by atoms with E-state index in [1.165, 1.54) is 9.69 Å². The van der Waals surface area contributed by atoms with E-state index in [9.17, 15) is 9.59 Å². The van der Waals surface area contributed by atoms with Crippen LogP contribution in [0.5, 0.6) is 0 Å². The molecule has 1 aliphatic heterocycles. The second-order valence-electron chi connectivity index (χ2n) is 6.46. The molecule has 0 saturated heterocycles. The summed E-state index contributed by atoms with van der Waals surface area (Å²) < 4.78 is 1.43. The van der Waals surface area contributed by atoms with Crippen molar-refractivity contribution in [1.82, 2.24) is 9.78 Å². The number of aromatic amines is 1. The quantitative estimate of drug-likeness (QED) is 0.686. The Kier molecular flexibility index (Phi) is 4.49. The lowest BCUT2D eigenvalue weighted by molar-refractivity contribution is -0.114. The van der Waals surface area contributed by atoms with Gasteiger partial charge in [-0.3, -0.25) is 14.7 Å². The number of nitrogens with one attached hydrogen (secondary N) is 1. The van der Waals surface area contributed by atoms with Gasteiger partial charge in [-0.25, -0.2) is 4.68 Å². The number of para-hydroxylation sites is 1. The number of hydrogen-bond acceptors (Lipinski definition) is 3. The fourth-order valence-electron chi connectivity index (χ4n) is 3.07. The molecule has 1 N–H and O–H groups in total. The Bertz CT molecular complexity index is 1170. The van der Waals surface area contributed by atoms with Crippen molar-refractivity contribution in [3.8, 4) is 5.69 Å². The Morgan fingerprint density at radius 2 is 1.64 bits per heavy atom. The van der Waals surface area contributed by atoms with Crippen LogP contribution in [0.15, 0.2) is 70.1 Å². The van der Waals surface area contributed by atoms with Gasteiger partial charge in [-0.15, -0.1) is 0 Å². The van der Waals surface area contributed by atoms with Gasteiger partial charge in [0.15, 0.2) is 0 Å². The number of halogens is 1. The lowest BCUT2D eigenvalue weighted by Crippen LogP contribution is -2.21. The highest BCUT2D eigenvalue weighted by molar-refractivity contribution is 6.32. The maximum Gasteiger partial charge on any atom is 0.280 e. The molecule has 0 spiro atoms. The first kappa shape index (κ1) is 18.0. The predicted molar refractivity (Wildman–Crippen MR) is 111 cm³/mol. The molecule has 3 aromatic rings. The number of carbonyl (C=O) groups is 1. The molecule has 0 fully saturated rings. The fourth-order valence-corrected chi connectivity index (χ4v) is 3.20. The molecule has 1 aliphatic rings. The van der Waals surface area contributed by atoms with Crippen LogP contribution in [0.3, 0.4) is 0 Å². The van der Waals surface area contributed by atoms with Crippen molar-refractivity contribution >= 4 is 35.0 Å². The Balaban J connectivity index is 1.74. The number of hydrogen-bond donors (Lipinski definition) is 1. The van der Waals surface area contributed by atoms with E-state index in [1.807, 2.05) is 30.3 Å². The molecule has 1 aromatic heterocycles. The zero-order valence-corrected chi connectivity index (χ0v) is 16.1. The van der Waals surface area contributed by atoms with E-state index in [-0.39, 0.29) is 11.5 Å². The summed E-state index contributed by atoms with van der Waals surface area (Å²) in [6.07, 6.45) is 1.60. The largest absolute Gasteiger partial charge is 0.295 e. The first-order valence-electron chi connectivity index (χ1n) is 8.70. The van der Waals surface area contributed by atoms with Crippen molar-refractivity contribution in [2.45, 2.75) is 13.8 Å². The van der Waals surface area contributed by atoms with Crippen molar-refractivity contribution < 1.29 is 4.79 Å². The van der Waals surface area contributed by atoms with E-state index in [4.69, 9.17) is 11.6 Å². The highest BCUT2D eigenvalue weighted by Gasteiger charge is 2.29. The zero-order chi connectivity index (χ0) is 19.8. The summed E-state index contributed by atoms with van der Waals surface area (Å²) in [5.41, 5.74) is 3.13. The summed E-state index contributed by atoms with van der Waals surface area (Å²) in [6.45, 7) is 3.55. The number of H-pyrrole nitrogens is 1. The molecule has 0 aliphatic carbocycles. The van der Waals surface area contributed by atoms with Gasteiger partial charge in [0.25, 0.3) is 11.5 Å². The normalized spacial score (nSPS) is 15.4. The highest BCUT2D eigenvalue weighted by atomic mass is 35.5. The van der Waals surface area contributed by atoms with Crippen LogP contribution < -0.4 is 10.6 Å². The van der Waals surface area contributed by atoms with E-state index in [1.54, 1.807) is 44.2 Å². The summed E-state index contributed by atoms with van der Waals surface area (Å²) in [6, 6.07) is 16.1. The molecule has 6 nitrogen and oxygen atoms in total. The lowest BCUT2D eigenvalue weighted by Gasteiger charge is -2.10. The average Bonchev–Trinajstić information content (AvgIpc) is 3.14. The molecular formula is C21H17ClN4O2. The van der Waals surface area contributed by atoms with Crippen molar-refractivity contribution in [3.05, 3.63) is 86.8 Å². The van der Waals surface area contributed by atoms with E-state index in [0.29, 0.717) is 38.9 Å². The summed E-state index contributed by atoms with van der Waals surface area (Å²) in [4.78, 5) is 25.8. The van der Waals surface area contributed by atoms with Gasteiger partial charge in [0, 0.05) is 10.7 Å². The highest BCUT2D eigenvalue weighted by Crippen LogP contribution is 2.24. The van der Waals surface area contributed by atoms with Crippen molar-refractivity contribution in [2.24, 2.45) is 5.10 Å². The Morgan fingerprint density at radius 3 is 2.32 bits per heavy atom. The molecule has 0 radical (unpaired) electrons. The number of rotatable bonds is 3. The maximum atomic E-state index is 12.9. The van der Waals surface area contributed by atoms with Gasteiger partial charge in [-0.1, -0.05) is 29.8 Å². The number of nitrogens with zero attached hydrogens (tertiary/aromatic N) is 3. The van der Waals surface area contributed by atoms with Crippen molar-refractivity contribution in [3.63, 3.8) is 0 Å². The summed E-state index contributed by atoms with van der Waals surface area (Å²) in [5.74, 6) is -0.262. The first-order chi connectivity index (χ1) is 13.5. The van der Waals surface area contributed by atoms with Gasteiger partial charge >= 0.3 is 0 Å². The van der Waals surface area contributed by atoms with Gasteiger partial charge in [-0.05, 0) is 56.3 Å². The van der Waals surface area contributed by atoms with Crippen LogP contribution in [0.25, 0.3) is 11.8 Å². The number of benzene rings is 2. The Hall–Kier alpha value is -3.38. The fraction of sp³-hybridized carbons (Fsp3) is 0.0952. The van der Waals surface area contributed by atoms with Crippen molar-refractivity contribution in [2.75, 3.05) is 5.01 Å². The first-order valence-corrected chi connectivity index (χ1v) is 9.08. The van der Waals surface area contributed by atoms with Crippen LogP contribution >= 0.6 is 11.6 Å². The maximum absolute atomic E-state index is 12.9. The number of aromatic nitrogens is 2. The molecule has 4 rings (SSSR count). The summed E-state index contributed by atoms with van der Waals surface area (Å²) >= 11 is 5.92. The van der Waals surface area contributed by atoms with Crippen LogP contribution in [0.4, 0.5) is 5.69 Å². The molecule has 28 heavy (non-hydrogen) atoms. The predicted octanol–water partition coefficient (Wildman–Crippen LogP) is 3.93. The second-order valence-corrected chi connectivity index (χ2v) is 6.90. The number of anilines is 1. The SMILES string of the molecule is CC1=NN(c2ccccc2)C(=O)C1=Cc1c(C)[nH]n(-c2ccc(Cl)cc2)c1=O. The van der Waals surface area contributed by atoms with Gasteiger partial charge in [0.2, 0.25) is 0 Å². The lowest BCUT2D eigenvalue weighted by atomic mass is 10.1. The van der Waals surface area contributed by atoms with Crippen LogP contribution in [0, 0.1) is 6.92 Å². The molecule has 1 amide bonds. The molecule has 2 aromatic carbocycles. The zero-order valence-electron chi connectivity index (χ0n) is 15.3. The van der Waals surface area contributed by atoms with Crippen LogP contribution in [-0.4, -0.2) is 21.4 Å². The molecule has 140 valence electrons. The molecule has 0 bridgehead atoms. The standard InChI is InChI=1S/C21H17ClN4O2/c1-13-18(20(27)25(23-13)16-6-4-3-5-7-16)12-19-14(2)24-26(21(19)28)17-10-8-15(22)9-11-17/h3-12,24H,1-2H3. The van der Waals surface area contributed by atoms with E-state index in [2.05, 4.69) is 10.2 Å². The molecular weight excluding hydrogens is 376 g/mol. The summed E-state index contributed by atoms with van der Waals surface area (Å²) in [5, 5.41) is 9.33. The topological polar surface area (TPSA) is 70.5 Å². The molecule has 7 heteroatoms. The van der Waals surface area contributed by atoms with E-state index in [0.717, 1.165) is 0 Å². The average molecular weight is 393 g/mol. The van der Waals surface area contributed by atoms with Crippen LogP contribution in [-0.2, 0) is 4.79 Å². The van der Waals surface area contributed by atoms with Gasteiger partial charge in [0.05, 0.1) is 28.2 Å². The molecule has 0 saturated carbocycles. The third-order valence-corrected chi connectivity index (χ3v) is 4.81. The van der Waals surface area contributed by atoms with Gasteiger partial charge in [0.1, 0.15) is 0 Å². The Morgan fingerprint density at radius 1 is 0.964 bits per heavy atom. The number of carbonyl (C=O) groups excluding carboxylic acids is 1. The minimum atomic E-state index is -0.262. The minimum Gasteiger partial charge on any atom is -0.295 e. The Labute approximate surface area is 166 Å². The third kappa shape index (κ3) is 3.08. The number of aryl methyl sites for hydroxylation is 1. The molecule has 0 unspecified atom stereocenters. The third-order valence-electron chi connectivity index (χ3n) is 4.55. The smallest absolute Gasteiger partial charge is 0.280 e. The van der Waals surface area contributed by atoms with E-state index >= 15 is 0 Å². The van der Waals surface area contributed by atoms with Gasteiger partial charge in [-0.2, -0.15) is 10.1 Å². The van der Waals surface area contributed by atoms with Crippen molar-refractivity contribution in [1.29, 1.82) is 0 Å². The second kappa shape index (κ2) is 6.98.